The number of hydrogen-bond donors (Lipinski definition) is 0. The second-order valence-electron chi connectivity index (χ2n) is 3.55. The second-order valence-corrected chi connectivity index (χ2v) is 6.77. The molecule has 2 aliphatic rings. The molecule has 0 bridgehead atoms. The highest BCUT2D eigenvalue weighted by molar-refractivity contribution is 8.01. The average molecular weight is 271 g/mol. The van der Waals surface area contributed by atoms with Crippen molar-refractivity contribution in [2.45, 2.75) is 16.1 Å². The smallest absolute Gasteiger partial charge is 0.230 e. The summed E-state index contributed by atoms with van der Waals surface area (Å²) in [6, 6.07) is 0. The van der Waals surface area contributed by atoms with E-state index in [0.29, 0.717) is 11.8 Å². The topological polar surface area (TPSA) is 46.1 Å². The lowest BCUT2D eigenvalue weighted by atomic mass is 10.2. The maximum absolute atomic E-state index is 11.3. The molecule has 1 aromatic rings. The number of hydrogen-bond acceptors (Lipinski definition) is 6. The van der Waals surface area contributed by atoms with Crippen molar-refractivity contribution in [1.82, 2.24) is 15.1 Å². The summed E-state index contributed by atoms with van der Waals surface area (Å²) in [5.74, 6) is 2.18. The minimum Gasteiger partial charge on any atom is -0.306 e. The highest BCUT2D eigenvalue weighted by Crippen LogP contribution is 2.36. The Morgan fingerprint density at radius 2 is 2.56 bits per heavy atom. The molecule has 1 saturated heterocycles. The molecule has 0 saturated carbocycles. The van der Waals surface area contributed by atoms with Crippen LogP contribution >= 0.6 is 34.9 Å². The van der Waals surface area contributed by atoms with Gasteiger partial charge in [-0.25, -0.2) is 0 Å². The van der Waals surface area contributed by atoms with Crippen LogP contribution in [0.5, 0.6) is 0 Å². The lowest BCUT2D eigenvalue weighted by Crippen LogP contribution is -2.49. The molecule has 2 aliphatic heterocycles. The third-order valence-electron chi connectivity index (χ3n) is 2.45. The van der Waals surface area contributed by atoms with Crippen LogP contribution in [0.25, 0.3) is 0 Å². The van der Waals surface area contributed by atoms with E-state index in [1.807, 2.05) is 22.9 Å². The van der Waals surface area contributed by atoms with E-state index < -0.39 is 0 Å². The van der Waals surface area contributed by atoms with Crippen molar-refractivity contribution in [3.63, 3.8) is 0 Å². The maximum Gasteiger partial charge on any atom is 0.230 e. The summed E-state index contributed by atoms with van der Waals surface area (Å²) in [5.41, 5.74) is 3.04. The molecule has 0 N–H and O–H groups in total. The zero-order valence-electron chi connectivity index (χ0n) is 8.33. The Morgan fingerprint density at radius 3 is 3.31 bits per heavy atom. The molecule has 0 aromatic carbocycles. The summed E-state index contributed by atoms with van der Waals surface area (Å²) < 4.78 is 0.989. The van der Waals surface area contributed by atoms with Crippen LogP contribution in [0, 0.1) is 0 Å². The van der Waals surface area contributed by atoms with Gasteiger partial charge in [0.05, 0.1) is 11.8 Å². The van der Waals surface area contributed by atoms with E-state index >= 15 is 0 Å². The third kappa shape index (κ3) is 1.99. The first-order chi connectivity index (χ1) is 7.83. The van der Waals surface area contributed by atoms with Gasteiger partial charge >= 0.3 is 0 Å². The molecule has 3 heterocycles. The molecule has 4 nitrogen and oxygen atoms in total. The van der Waals surface area contributed by atoms with Gasteiger partial charge in [0.2, 0.25) is 5.91 Å². The zero-order valence-corrected chi connectivity index (χ0v) is 10.8. The largest absolute Gasteiger partial charge is 0.306 e. The van der Waals surface area contributed by atoms with Crippen molar-refractivity contribution >= 4 is 40.8 Å². The number of carbonyl (C=O) groups excluding carboxylic acids is 1. The SMILES string of the molecule is O=C1CC2SCC(CSc3nncs3)=CN12. The van der Waals surface area contributed by atoms with Crippen LogP contribution < -0.4 is 0 Å². The summed E-state index contributed by atoms with van der Waals surface area (Å²) in [4.78, 5) is 13.1. The van der Waals surface area contributed by atoms with Gasteiger partial charge in [-0.1, -0.05) is 23.1 Å². The molecule has 7 heteroatoms. The van der Waals surface area contributed by atoms with Crippen LogP contribution in [-0.4, -0.2) is 37.9 Å². The van der Waals surface area contributed by atoms with Gasteiger partial charge in [0.1, 0.15) is 5.51 Å². The summed E-state index contributed by atoms with van der Waals surface area (Å²) in [6.45, 7) is 0. The van der Waals surface area contributed by atoms with Gasteiger partial charge in [-0.15, -0.1) is 22.0 Å². The van der Waals surface area contributed by atoms with Crippen molar-refractivity contribution < 1.29 is 4.79 Å². The minimum absolute atomic E-state index is 0.246. The number of aromatic nitrogens is 2. The Kier molecular flexibility index (Phi) is 2.91. The normalized spacial score (nSPS) is 23.8. The van der Waals surface area contributed by atoms with Gasteiger partial charge in [0, 0.05) is 17.7 Å². The van der Waals surface area contributed by atoms with E-state index in [0.717, 1.165) is 15.8 Å². The Labute approximate surface area is 106 Å². The Hall–Kier alpha value is -0.530. The molecule has 0 radical (unpaired) electrons. The summed E-state index contributed by atoms with van der Waals surface area (Å²) in [5, 5.41) is 8.18. The maximum atomic E-state index is 11.3. The Balaban J connectivity index is 1.61. The summed E-state index contributed by atoms with van der Waals surface area (Å²) in [6.07, 6.45) is 2.72. The number of amides is 1. The monoisotopic (exact) mass is 271 g/mol. The molecule has 1 amide bonds. The van der Waals surface area contributed by atoms with E-state index in [-0.39, 0.29) is 5.91 Å². The van der Waals surface area contributed by atoms with Gasteiger partial charge in [-0.2, -0.15) is 0 Å². The molecule has 3 rings (SSSR count). The van der Waals surface area contributed by atoms with E-state index in [2.05, 4.69) is 10.2 Å². The lowest BCUT2D eigenvalue weighted by molar-refractivity contribution is -0.137. The van der Waals surface area contributed by atoms with Crippen molar-refractivity contribution in [2.24, 2.45) is 0 Å². The van der Waals surface area contributed by atoms with Gasteiger partial charge in [-0.3, -0.25) is 4.79 Å². The van der Waals surface area contributed by atoms with Gasteiger partial charge in [0.15, 0.2) is 4.34 Å². The Bertz CT molecular complexity index is 431. The third-order valence-corrected chi connectivity index (χ3v) is 5.74. The number of fused-ring (bicyclic) bond motifs is 1. The molecule has 84 valence electrons. The molecular weight excluding hydrogens is 262 g/mol. The number of thioether (sulfide) groups is 2. The molecular formula is C9H9N3OS3. The molecule has 0 spiro atoms. The number of β-lactam (4-membered cyclic amide) rings is 1. The van der Waals surface area contributed by atoms with Gasteiger partial charge < -0.3 is 4.90 Å². The average Bonchev–Trinajstić information content (AvgIpc) is 2.79. The van der Waals surface area contributed by atoms with Crippen molar-refractivity contribution in [3.05, 3.63) is 17.3 Å². The van der Waals surface area contributed by atoms with E-state index in [1.54, 1.807) is 28.6 Å². The van der Waals surface area contributed by atoms with E-state index in [9.17, 15) is 4.79 Å². The first-order valence-corrected chi connectivity index (χ1v) is 7.75. The molecule has 0 aliphatic carbocycles. The highest BCUT2D eigenvalue weighted by Gasteiger charge is 2.37. The Morgan fingerprint density at radius 1 is 1.62 bits per heavy atom. The first kappa shape index (κ1) is 10.6. The van der Waals surface area contributed by atoms with Crippen LogP contribution in [0.3, 0.4) is 0 Å². The second kappa shape index (κ2) is 4.38. The van der Waals surface area contributed by atoms with Gasteiger partial charge in [-0.05, 0) is 5.57 Å². The highest BCUT2D eigenvalue weighted by atomic mass is 32.2. The van der Waals surface area contributed by atoms with Crippen molar-refractivity contribution in [2.75, 3.05) is 11.5 Å². The lowest BCUT2D eigenvalue weighted by Gasteiger charge is -2.41. The van der Waals surface area contributed by atoms with Crippen LogP contribution in [0.2, 0.25) is 0 Å². The number of nitrogens with zero attached hydrogens (tertiary/aromatic N) is 3. The standard InChI is InChI=1S/C9H9N3OS3/c13-7-1-8-12(7)2-6(3-14-8)4-15-9-11-10-5-16-9/h2,5,8H,1,3-4H2. The van der Waals surface area contributed by atoms with E-state index in [4.69, 9.17) is 0 Å². The van der Waals surface area contributed by atoms with Crippen LogP contribution in [-0.2, 0) is 4.79 Å². The summed E-state index contributed by atoms with van der Waals surface area (Å²) >= 11 is 5.09. The van der Waals surface area contributed by atoms with Crippen LogP contribution in [0.1, 0.15) is 6.42 Å². The summed E-state index contributed by atoms with van der Waals surface area (Å²) in [7, 11) is 0. The van der Waals surface area contributed by atoms with Crippen LogP contribution in [0.4, 0.5) is 0 Å². The molecule has 1 fully saturated rings. The fraction of sp³-hybridized carbons (Fsp3) is 0.444. The van der Waals surface area contributed by atoms with Crippen LogP contribution in [0.15, 0.2) is 21.6 Å². The molecule has 1 atom stereocenters. The predicted octanol–water partition coefficient (Wildman–Crippen LogP) is 1.82. The van der Waals surface area contributed by atoms with Crippen molar-refractivity contribution in [3.8, 4) is 0 Å². The van der Waals surface area contributed by atoms with Crippen molar-refractivity contribution in [1.29, 1.82) is 0 Å². The number of rotatable bonds is 3. The fourth-order valence-electron chi connectivity index (χ4n) is 1.59. The zero-order chi connectivity index (χ0) is 11.0. The fourth-order valence-corrected chi connectivity index (χ4v) is 4.35. The molecule has 1 unspecified atom stereocenters. The quantitative estimate of drug-likeness (QED) is 0.620. The minimum atomic E-state index is 0.246. The van der Waals surface area contributed by atoms with Gasteiger partial charge in [0.25, 0.3) is 0 Å². The number of carbonyl (C=O) groups is 1. The predicted molar refractivity (Wildman–Crippen MR) is 66.4 cm³/mol. The molecule has 16 heavy (non-hydrogen) atoms. The van der Waals surface area contributed by atoms with E-state index in [1.165, 1.54) is 5.57 Å². The molecule has 1 aromatic heterocycles. The first-order valence-electron chi connectivity index (χ1n) is 4.84.